The summed E-state index contributed by atoms with van der Waals surface area (Å²) in [7, 11) is 0. The maximum absolute atomic E-state index is 2.41. The van der Waals surface area contributed by atoms with Crippen molar-refractivity contribution < 1.29 is 0 Å². The molecule has 47 heavy (non-hydrogen) atoms. The summed E-state index contributed by atoms with van der Waals surface area (Å²) in [5.74, 6) is 0. The lowest BCUT2D eigenvalue weighted by Crippen LogP contribution is -2.15. The van der Waals surface area contributed by atoms with E-state index in [4.69, 9.17) is 0 Å². The molecule has 0 fully saturated rings. The largest absolute Gasteiger partial charge is 0.310 e. The van der Waals surface area contributed by atoms with Gasteiger partial charge in [-0.1, -0.05) is 129 Å². The molecule has 2 heteroatoms. The van der Waals surface area contributed by atoms with Crippen LogP contribution in [0.4, 0.5) is 17.1 Å². The molecule has 1 heterocycles. The minimum absolute atomic E-state index is 0.0952. The Morgan fingerprint density at radius 1 is 0.447 bits per heavy atom. The number of rotatable bonds is 5. The van der Waals surface area contributed by atoms with Gasteiger partial charge < -0.3 is 9.47 Å². The van der Waals surface area contributed by atoms with Crippen molar-refractivity contribution in [3.63, 3.8) is 0 Å². The first kappa shape index (κ1) is 27.5. The standard InChI is InChI=1S/C45H34N2/c1-45(2)40-28-27-35(30-39(40)44-36(23-14-24-41(44)45)31-15-5-3-6-16-31)46(32-17-7-4-8-18-32)33-19-13-20-34(29-33)47-42-25-11-9-21-37(42)38-22-10-12-26-43(38)47/h3-30H,1-2H3. The molecule has 8 aromatic rings. The highest BCUT2D eigenvalue weighted by atomic mass is 15.1. The van der Waals surface area contributed by atoms with Crippen LogP contribution in [0.1, 0.15) is 25.0 Å². The summed E-state index contributed by atoms with van der Waals surface area (Å²) < 4.78 is 2.39. The quantitative estimate of drug-likeness (QED) is 0.190. The molecule has 0 aliphatic heterocycles. The van der Waals surface area contributed by atoms with Gasteiger partial charge in [0.2, 0.25) is 0 Å². The smallest absolute Gasteiger partial charge is 0.0541 e. The number of hydrogen-bond acceptors (Lipinski definition) is 1. The summed E-state index contributed by atoms with van der Waals surface area (Å²) in [4.78, 5) is 2.40. The Hall–Kier alpha value is -5.86. The van der Waals surface area contributed by atoms with Crippen molar-refractivity contribution in [1.29, 1.82) is 0 Å². The molecule has 0 atom stereocenters. The van der Waals surface area contributed by atoms with Gasteiger partial charge in [0.25, 0.3) is 0 Å². The van der Waals surface area contributed by atoms with E-state index in [2.05, 4.69) is 193 Å². The lowest BCUT2D eigenvalue weighted by molar-refractivity contribution is 0.660. The fourth-order valence-electron chi connectivity index (χ4n) is 7.79. The van der Waals surface area contributed by atoms with E-state index in [1.54, 1.807) is 0 Å². The van der Waals surface area contributed by atoms with Gasteiger partial charge in [-0.25, -0.2) is 0 Å². The first-order valence-corrected chi connectivity index (χ1v) is 16.4. The van der Waals surface area contributed by atoms with Gasteiger partial charge in [-0.2, -0.15) is 0 Å². The Balaban J connectivity index is 1.25. The second-order valence-corrected chi connectivity index (χ2v) is 13.0. The summed E-state index contributed by atoms with van der Waals surface area (Å²) in [5, 5.41) is 2.53. The van der Waals surface area contributed by atoms with E-state index >= 15 is 0 Å². The molecule has 1 aliphatic carbocycles. The van der Waals surface area contributed by atoms with Gasteiger partial charge in [-0.15, -0.1) is 0 Å². The van der Waals surface area contributed by atoms with Crippen molar-refractivity contribution in [3.8, 4) is 27.9 Å². The predicted molar refractivity (Wildman–Crippen MR) is 198 cm³/mol. The predicted octanol–water partition coefficient (Wildman–Crippen LogP) is 12.2. The zero-order valence-electron chi connectivity index (χ0n) is 26.6. The molecule has 0 unspecified atom stereocenters. The van der Waals surface area contributed by atoms with Gasteiger partial charge in [0.1, 0.15) is 0 Å². The Kier molecular flexibility index (Phi) is 6.20. The number of aromatic nitrogens is 1. The fourth-order valence-corrected chi connectivity index (χ4v) is 7.79. The van der Waals surface area contributed by atoms with Gasteiger partial charge in [-0.3, -0.25) is 0 Å². The number of fused-ring (bicyclic) bond motifs is 6. The summed E-state index contributed by atoms with van der Waals surface area (Å²) >= 11 is 0. The van der Waals surface area contributed by atoms with Crippen LogP contribution >= 0.6 is 0 Å². The highest BCUT2D eigenvalue weighted by Gasteiger charge is 2.37. The van der Waals surface area contributed by atoms with Crippen molar-refractivity contribution in [2.24, 2.45) is 0 Å². The number of benzene rings is 7. The average molecular weight is 603 g/mol. The summed E-state index contributed by atoms with van der Waals surface area (Å²) in [6.07, 6.45) is 0. The normalized spacial score (nSPS) is 13.1. The van der Waals surface area contributed by atoms with Crippen molar-refractivity contribution >= 4 is 38.9 Å². The molecule has 2 nitrogen and oxygen atoms in total. The molecule has 9 rings (SSSR count). The minimum atomic E-state index is -0.0952. The summed E-state index contributed by atoms with van der Waals surface area (Å²) in [6, 6.07) is 61.8. The van der Waals surface area contributed by atoms with E-state index < -0.39 is 0 Å². The number of nitrogens with zero attached hydrogens (tertiary/aromatic N) is 2. The number of anilines is 3. The second kappa shape index (κ2) is 10.6. The maximum Gasteiger partial charge on any atom is 0.0541 e. The van der Waals surface area contributed by atoms with Crippen LogP contribution in [-0.4, -0.2) is 4.57 Å². The minimum Gasteiger partial charge on any atom is -0.310 e. The molecular formula is C45H34N2. The van der Waals surface area contributed by atoms with E-state index in [9.17, 15) is 0 Å². The van der Waals surface area contributed by atoms with Crippen LogP contribution < -0.4 is 4.90 Å². The zero-order valence-corrected chi connectivity index (χ0v) is 26.6. The van der Waals surface area contributed by atoms with Crippen LogP contribution in [0.2, 0.25) is 0 Å². The van der Waals surface area contributed by atoms with Crippen LogP contribution in [0, 0.1) is 0 Å². The average Bonchev–Trinajstić information content (AvgIpc) is 3.58. The fraction of sp³-hybridized carbons (Fsp3) is 0.0667. The van der Waals surface area contributed by atoms with Crippen molar-refractivity contribution in [1.82, 2.24) is 4.57 Å². The third kappa shape index (κ3) is 4.26. The number of para-hydroxylation sites is 3. The van der Waals surface area contributed by atoms with Crippen LogP contribution in [0.3, 0.4) is 0 Å². The van der Waals surface area contributed by atoms with Crippen LogP contribution in [0.15, 0.2) is 170 Å². The molecular weight excluding hydrogens is 569 g/mol. The highest BCUT2D eigenvalue weighted by molar-refractivity contribution is 6.09. The lowest BCUT2D eigenvalue weighted by Gasteiger charge is -2.27. The third-order valence-electron chi connectivity index (χ3n) is 9.97. The first-order valence-electron chi connectivity index (χ1n) is 16.4. The Bertz CT molecular complexity index is 2380. The molecule has 0 spiro atoms. The maximum atomic E-state index is 2.41. The number of hydrogen-bond donors (Lipinski definition) is 0. The summed E-state index contributed by atoms with van der Waals surface area (Å²) in [5.41, 5.74) is 14.8. The van der Waals surface area contributed by atoms with Crippen LogP contribution in [0.25, 0.3) is 49.7 Å². The molecule has 0 saturated carbocycles. The molecule has 224 valence electrons. The van der Waals surface area contributed by atoms with Crippen LogP contribution in [0.5, 0.6) is 0 Å². The van der Waals surface area contributed by atoms with Crippen molar-refractivity contribution in [2.75, 3.05) is 4.90 Å². The van der Waals surface area contributed by atoms with Gasteiger partial charge in [-0.05, 0) is 88.0 Å². The molecule has 1 aromatic heterocycles. The van der Waals surface area contributed by atoms with Crippen molar-refractivity contribution in [3.05, 3.63) is 181 Å². The zero-order chi connectivity index (χ0) is 31.5. The van der Waals surface area contributed by atoms with Gasteiger partial charge >= 0.3 is 0 Å². The first-order chi connectivity index (χ1) is 23.1. The van der Waals surface area contributed by atoms with Gasteiger partial charge in [0.15, 0.2) is 0 Å². The van der Waals surface area contributed by atoms with Gasteiger partial charge in [0.05, 0.1) is 11.0 Å². The molecule has 7 aromatic carbocycles. The molecule has 0 bridgehead atoms. The van der Waals surface area contributed by atoms with E-state index in [0.717, 1.165) is 22.7 Å². The summed E-state index contributed by atoms with van der Waals surface area (Å²) in [6.45, 7) is 4.71. The van der Waals surface area contributed by atoms with E-state index in [-0.39, 0.29) is 5.41 Å². The molecule has 0 saturated heterocycles. The molecule has 0 radical (unpaired) electrons. The Labute approximate surface area is 275 Å². The highest BCUT2D eigenvalue weighted by Crippen LogP contribution is 2.53. The Morgan fingerprint density at radius 3 is 1.77 bits per heavy atom. The van der Waals surface area contributed by atoms with E-state index in [0.29, 0.717) is 0 Å². The molecule has 1 aliphatic rings. The van der Waals surface area contributed by atoms with E-state index in [1.807, 2.05) is 0 Å². The molecule has 0 amide bonds. The van der Waals surface area contributed by atoms with Gasteiger partial charge in [0, 0.05) is 38.9 Å². The third-order valence-corrected chi connectivity index (χ3v) is 9.97. The second-order valence-electron chi connectivity index (χ2n) is 13.0. The van der Waals surface area contributed by atoms with E-state index in [1.165, 1.54) is 55.2 Å². The van der Waals surface area contributed by atoms with Crippen LogP contribution in [-0.2, 0) is 5.41 Å². The monoisotopic (exact) mass is 602 g/mol. The Morgan fingerprint density at radius 2 is 1.04 bits per heavy atom. The molecule has 0 N–H and O–H groups in total. The SMILES string of the molecule is CC1(C)c2ccc(N(c3ccccc3)c3cccc(-n4c5ccccc5c5ccccc54)c3)cc2-c2c(-c3ccccc3)cccc21. The lowest BCUT2D eigenvalue weighted by atomic mass is 9.82. The van der Waals surface area contributed by atoms with Crippen molar-refractivity contribution in [2.45, 2.75) is 19.3 Å². The topological polar surface area (TPSA) is 8.17 Å².